The molecule has 0 saturated carbocycles. The van der Waals surface area contributed by atoms with E-state index in [1.165, 1.54) is 51.0 Å². The minimum Gasteiger partial charge on any atom is -0.423 e. The van der Waals surface area contributed by atoms with Gasteiger partial charge in [0.15, 0.2) is 5.82 Å². The lowest BCUT2D eigenvalue weighted by atomic mass is 10.0. The summed E-state index contributed by atoms with van der Waals surface area (Å²) in [5.41, 5.74) is 3.02. The smallest absolute Gasteiger partial charge is 0.343 e. The van der Waals surface area contributed by atoms with Crippen LogP contribution in [0.3, 0.4) is 0 Å². The fourth-order valence-electron chi connectivity index (χ4n) is 4.20. The number of hydrogen-bond donors (Lipinski definition) is 0. The molecule has 0 amide bonds. The van der Waals surface area contributed by atoms with E-state index < -0.39 is 5.97 Å². The van der Waals surface area contributed by atoms with Gasteiger partial charge in [-0.15, -0.1) is 0 Å². The van der Waals surface area contributed by atoms with E-state index in [1.54, 1.807) is 36.4 Å². The summed E-state index contributed by atoms with van der Waals surface area (Å²) in [4.78, 5) is 21.5. The lowest BCUT2D eigenvalue weighted by molar-refractivity contribution is 0.0734. The van der Waals surface area contributed by atoms with Crippen molar-refractivity contribution < 1.29 is 13.9 Å². The summed E-state index contributed by atoms with van der Waals surface area (Å²) in [5.74, 6) is -0.00967. The summed E-state index contributed by atoms with van der Waals surface area (Å²) < 4.78 is 19.9. The molecular formula is C31H39FN2O2. The number of halogens is 1. The van der Waals surface area contributed by atoms with Gasteiger partial charge in [0.05, 0.1) is 5.56 Å². The Balaban J connectivity index is 1.49. The molecule has 0 unspecified atom stereocenters. The van der Waals surface area contributed by atoms with Gasteiger partial charge in [-0.2, -0.15) is 0 Å². The maximum Gasteiger partial charge on any atom is 0.343 e. The van der Waals surface area contributed by atoms with E-state index in [9.17, 15) is 9.18 Å². The number of hydrogen-bond acceptors (Lipinski definition) is 4. The average Bonchev–Trinajstić information content (AvgIpc) is 2.90. The van der Waals surface area contributed by atoms with Gasteiger partial charge in [-0.05, 0) is 55.0 Å². The first-order chi connectivity index (χ1) is 17.6. The first kappa shape index (κ1) is 27.5. The summed E-state index contributed by atoms with van der Waals surface area (Å²) in [6.07, 6.45) is 17.3. The van der Waals surface area contributed by atoms with Crippen LogP contribution in [0.25, 0.3) is 11.4 Å². The Labute approximate surface area is 215 Å². The third-order valence-electron chi connectivity index (χ3n) is 6.44. The molecule has 0 aliphatic carbocycles. The van der Waals surface area contributed by atoms with Crippen LogP contribution in [-0.4, -0.2) is 15.9 Å². The molecule has 4 nitrogen and oxygen atoms in total. The highest BCUT2D eigenvalue weighted by atomic mass is 19.1. The Kier molecular flexibility index (Phi) is 11.6. The molecule has 0 aliphatic heterocycles. The van der Waals surface area contributed by atoms with Crippen LogP contribution >= 0.6 is 0 Å². The molecule has 0 atom stereocenters. The molecule has 0 spiro atoms. The van der Waals surface area contributed by atoms with Crippen LogP contribution in [0.4, 0.5) is 4.39 Å². The molecule has 1 aromatic heterocycles. The Morgan fingerprint density at radius 1 is 0.778 bits per heavy atom. The minimum atomic E-state index is -0.520. The molecule has 1 heterocycles. The quantitative estimate of drug-likeness (QED) is 0.122. The number of aromatic nitrogens is 2. The van der Waals surface area contributed by atoms with Gasteiger partial charge in [-0.3, -0.25) is 0 Å². The van der Waals surface area contributed by atoms with Gasteiger partial charge in [0.1, 0.15) is 11.6 Å². The van der Waals surface area contributed by atoms with Crippen molar-refractivity contribution in [3.05, 3.63) is 77.4 Å². The molecule has 0 fully saturated rings. The molecule has 192 valence electrons. The number of esters is 1. The lowest BCUT2D eigenvalue weighted by Gasteiger charge is -2.08. The zero-order chi connectivity index (χ0) is 25.6. The summed E-state index contributed by atoms with van der Waals surface area (Å²) in [7, 11) is 0. The minimum absolute atomic E-state index is 0.215. The summed E-state index contributed by atoms with van der Waals surface area (Å²) in [6, 6.07) is 11.7. The molecule has 2 aromatic carbocycles. The number of carbonyl (C=O) groups excluding carboxylic acids is 1. The van der Waals surface area contributed by atoms with E-state index in [0.717, 1.165) is 36.8 Å². The Hall–Kier alpha value is -3.08. The number of aryl methyl sites for hydroxylation is 2. The third kappa shape index (κ3) is 8.85. The number of carbonyl (C=O) groups is 1. The molecule has 0 aliphatic rings. The lowest BCUT2D eigenvalue weighted by Crippen LogP contribution is -2.09. The average molecular weight is 491 g/mol. The van der Waals surface area contributed by atoms with Crippen molar-refractivity contribution in [2.75, 3.05) is 0 Å². The SMILES string of the molecule is CCCCCCCCCc1ccc(OC(=O)c2ccc(-c3ncc(CCCCC)cn3)cc2)cc1F. The van der Waals surface area contributed by atoms with Crippen LogP contribution in [0.15, 0.2) is 54.9 Å². The number of nitrogens with zero attached hydrogens (tertiary/aromatic N) is 2. The normalized spacial score (nSPS) is 11.0. The van der Waals surface area contributed by atoms with E-state index in [1.807, 2.05) is 12.4 Å². The molecule has 0 saturated heterocycles. The molecule has 36 heavy (non-hydrogen) atoms. The van der Waals surface area contributed by atoms with Gasteiger partial charge in [0.25, 0.3) is 0 Å². The van der Waals surface area contributed by atoms with Crippen LogP contribution in [0.1, 0.15) is 99.5 Å². The second kappa shape index (κ2) is 15.1. The van der Waals surface area contributed by atoms with Crippen molar-refractivity contribution in [2.45, 2.75) is 90.9 Å². The van der Waals surface area contributed by atoms with Crippen LogP contribution in [0, 0.1) is 5.82 Å². The standard InChI is InChI=1S/C31H39FN2O2/c1-3-5-7-8-9-10-12-14-25-19-20-28(21-29(25)32)36-31(35)27-17-15-26(16-18-27)30-33-22-24(23-34-30)13-11-6-4-2/h15-23H,3-14H2,1-2H3. The predicted octanol–water partition coefficient (Wildman–Crippen LogP) is 8.53. The molecule has 0 bridgehead atoms. The van der Waals surface area contributed by atoms with Gasteiger partial charge in [0, 0.05) is 24.0 Å². The van der Waals surface area contributed by atoms with Crippen LogP contribution in [0.5, 0.6) is 5.75 Å². The van der Waals surface area contributed by atoms with E-state index >= 15 is 0 Å². The fraction of sp³-hybridized carbons (Fsp3) is 0.452. The number of unbranched alkanes of at least 4 members (excludes halogenated alkanes) is 8. The van der Waals surface area contributed by atoms with Crippen molar-refractivity contribution in [1.82, 2.24) is 9.97 Å². The number of rotatable bonds is 15. The van der Waals surface area contributed by atoms with E-state index in [-0.39, 0.29) is 11.6 Å². The highest BCUT2D eigenvalue weighted by Gasteiger charge is 2.12. The van der Waals surface area contributed by atoms with Gasteiger partial charge in [-0.1, -0.05) is 83.4 Å². The van der Waals surface area contributed by atoms with Gasteiger partial charge < -0.3 is 4.74 Å². The molecule has 0 radical (unpaired) electrons. The van der Waals surface area contributed by atoms with E-state index in [2.05, 4.69) is 23.8 Å². The van der Waals surface area contributed by atoms with Crippen molar-refractivity contribution in [2.24, 2.45) is 0 Å². The summed E-state index contributed by atoms with van der Waals surface area (Å²) >= 11 is 0. The van der Waals surface area contributed by atoms with Gasteiger partial charge in [-0.25, -0.2) is 19.2 Å². The summed E-state index contributed by atoms with van der Waals surface area (Å²) in [5, 5.41) is 0. The largest absolute Gasteiger partial charge is 0.423 e. The van der Waals surface area contributed by atoms with Crippen molar-refractivity contribution in [1.29, 1.82) is 0 Å². The molecule has 5 heteroatoms. The maximum absolute atomic E-state index is 14.5. The third-order valence-corrected chi connectivity index (χ3v) is 6.44. The van der Waals surface area contributed by atoms with Crippen LogP contribution in [-0.2, 0) is 12.8 Å². The van der Waals surface area contributed by atoms with E-state index in [4.69, 9.17) is 4.74 Å². The van der Waals surface area contributed by atoms with Crippen LogP contribution in [0.2, 0.25) is 0 Å². The first-order valence-electron chi connectivity index (χ1n) is 13.5. The topological polar surface area (TPSA) is 52.1 Å². The monoisotopic (exact) mass is 490 g/mol. The van der Waals surface area contributed by atoms with Gasteiger partial charge >= 0.3 is 5.97 Å². The first-order valence-corrected chi connectivity index (χ1v) is 13.5. The molecular weight excluding hydrogens is 451 g/mol. The summed E-state index contributed by atoms with van der Waals surface area (Å²) in [6.45, 7) is 4.40. The Morgan fingerprint density at radius 3 is 2.06 bits per heavy atom. The number of benzene rings is 2. The zero-order valence-corrected chi connectivity index (χ0v) is 21.8. The zero-order valence-electron chi connectivity index (χ0n) is 21.8. The van der Waals surface area contributed by atoms with Crippen molar-refractivity contribution >= 4 is 5.97 Å². The highest BCUT2D eigenvalue weighted by Crippen LogP contribution is 2.21. The fourth-order valence-corrected chi connectivity index (χ4v) is 4.20. The predicted molar refractivity (Wildman–Crippen MR) is 144 cm³/mol. The Morgan fingerprint density at radius 2 is 1.39 bits per heavy atom. The Bertz CT molecular complexity index is 1060. The second-order valence-electron chi connectivity index (χ2n) is 9.46. The number of ether oxygens (including phenoxy) is 1. The van der Waals surface area contributed by atoms with Crippen molar-refractivity contribution in [3.63, 3.8) is 0 Å². The van der Waals surface area contributed by atoms with Gasteiger partial charge in [0.2, 0.25) is 0 Å². The second-order valence-corrected chi connectivity index (χ2v) is 9.46. The van der Waals surface area contributed by atoms with Crippen LogP contribution < -0.4 is 4.74 Å². The highest BCUT2D eigenvalue weighted by molar-refractivity contribution is 5.91. The molecule has 3 aromatic rings. The van der Waals surface area contributed by atoms with Crippen molar-refractivity contribution in [3.8, 4) is 17.1 Å². The molecule has 3 rings (SSSR count). The molecule has 0 N–H and O–H groups in total. The van der Waals surface area contributed by atoms with E-state index in [0.29, 0.717) is 23.4 Å². The maximum atomic E-state index is 14.5.